The van der Waals surface area contributed by atoms with Crippen LogP contribution in [-0.4, -0.2) is 26.3 Å². The molecule has 21 heavy (non-hydrogen) atoms. The van der Waals surface area contributed by atoms with Gasteiger partial charge in [-0.05, 0) is 27.7 Å². The third-order valence-electron chi connectivity index (χ3n) is 2.86. The zero-order chi connectivity index (χ0) is 15.8. The molecule has 2 rings (SSSR count). The minimum atomic E-state index is -1.20. The van der Waals surface area contributed by atoms with Crippen LogP contribution >= 0.6 is 11.8 Å². The number of carboxylic acids is 1. The van der Waals surface area contributed by atoms with Gasteiger partial charge in [-0.2, -0.15) is 0 Å². The number of carbonyl (C=O) groups is 1. The molecule has 114 valence electrons. The molecule has 0 unspecified atom stereocenters. The number of carboxylic acid groups (broad SMARTS) is 1. The fourth-order valence-corrected chi connectivity index (χ4v) is 3.01. The van der Waals surface area contributed by atoms with Crippen LogP contribution in [0, 0.1) is 0 Å². The molecular formula is C14H18N2O4S. The quantitative estimate of drug-likeness (QED) is 0.867. The molecule has 0 aliphatic carbocycles. The molecule has 0 radical (unpaired) electrons. The van der Waals surface area contributed by atoms with Crippen molar-refractivity contribution in [2.24, 2.45) is 5.16 Å². The number of rotatable bonds is 3. The topological polar surface area (TPSA) is 80.9 Å². The van der Waals surface area contributed by atoms with E-state index in [4.69, 9.17) is 9.94 Å². The first-order valence-electron chi connectivity index (χ1n) is 6.65. The van der Waals surface area contributed by atoms with E-state index in [1.165, 1.54) is 18.0 Å². The monoisotopic (exact) mass is 310 g/mol. The molecule has 0 spiro atoms. The smallest absolute Gasteiger partial charge is 0.341 e. The normalized spacial score (nSPS) is 16.1. The Balaban J connectivity index is 2.43. The highest BCUT2D eigenvalue weighted by molar-refractivity contribution is 8.14. The second-order valence-electron chi connectivity index (χ2n) is 5.71. The Hall–Kier alpha value is -1.76. The van der Waals surface area contributed by atoms with Gasteiger partial charge in [-0.1, -0.05) is 16.9 Å². The first-order valence-corrected chi connectivity index (χ1v) is 7.47. The molecule has 1 aromatic heterocycles. The lowest BCUT2D eigenvalue weighted by Gasteiger charge is -2.15. The molecular weight excluding hydrogens is 292 g/mol. The summed E-state index contributed by atoms with van der Waals surface area (Å²) in [6.07, 6.45) is 1.71. The Bertz CT molecular complexity index is 671. The average molecular weight is 310 g/mol. The largest absolute Gasteiger partial charge is 0.477 e. The number of thioether (sulfide) groups is 1. The molecule has 1 aliphatic heterocycles. The molecule has 7 heteroatoms. The maximum absolute atomic E-state index is 12.2. The van der Waals surface area contributed by atoms with Gasteiger partial charge in [0.05, 0.1) is 5.03 Å². The van der Waals surface area contributed by atoms with Gasteiger partial charge >= 0.3 is 5.97 Å². The number of aromatic nitrogens is 1. The number of fused-ring (bicyclic) bond motifs is 1. The third kappa shape index (κ3) is 3.29. The first-order chi connectivity index (χ1) is 9.73. The maximum Gasteiger partial charge on any atom is 0.341 e. The number of oxime groups is 1. The summed E-state index contributed by atoms with van der Waals surface area (Å²) in [5, 5.41) is 14.6. The Morgan fingerprint density at radius 2 is 2.19 bits per heavy atom. The van der Waals surface area contributed by atoms with Crippen molar-refractivity contribution in [2.75, 3.05) is 0 Å². The van der Waals surface area contributed by atoms with Crippen molar-refractivity contribution in [3.63, 3.8) is 0 Å². The fraction of sp³-hybridized carbons (Fsp3) is 0.500. The predicted molar refractivity (Wildman–Crippen MR) is 81.2 cm³/mol. The molecule has 0 bridgehead atoms. The van der Waals surface area contributed by atoms with Crippen LogP contribution in [0.2, 0.25) is 0 Å². The van der Waals surface area contributed by atoms with E-state index in [2.05, 4.69) is 5.16 Å². The summed E-state index contributed by atoms with van der Waals surface area (Å²) in [6, 6.07) is 0. The summed E-state index contributed by atoms with van der Waals surface area (Å²) in [4.78, 5) is 28.7. The van der Waals surface area contributed by atoms with Crippen LogP contribution in [0.5, 0.6) is 0 Å². The van der Waals surface area contributed by atoms with Crippen LogP contribution in [0.3, 0.4) is 0 Å². The first kappa shape index (κ1) is 15.6. The van der Waals surface area contributed by atoms with Crippen LogP contribution < -0.4 is 5.43 Å². The van der Waals surface area contributed by atoms with E-state index in [1.54, 1.807) is 4.57 Å². The third-order valence-corrected chi connectivity index (χ3v) is 3.99. The van der Waals surface area contributed by atoms with Crippen molar-refractivity contribution < 1.29 is 14.7 Å². The van der Waals surface area contributed by atoms with Crippen molar-refractivity contribution >= 4 is 22.8 Å². The maximum atomic E-state index is 12.2. The summed E-state index contributed by atoms with van der Waals surface area (Å²) in [5.74, 6) is -1.20. The van der Waals surface area contributed by atoms with Gasteiger partial charge in [0.25, 0.3) is 0 Å². The van der Waals surface area contributed by atoms with E-state index in [0.717, 1.165) is 5.03 Å². The number of nitrogens with zero attached hydrogens (tertiary/aromatic N) is 2. The fourth-order valence-electron chi connectivity index (χ4n) is 1.91. The minimum absolute atomic E-state index is 0.200. The van der Waals surface area contributed by atoms with Crippen LogP contribution in [0.25, 0.3) is 0 Å². The van der Waals surface area contributed by atoms with Gasteiger partial charge < -0.3 is 14.5 Å². The SMILES string of the molecule is CCn1cc(C(=O)O)c(=O)c2c1S/C(=N\OC(C)(C)C)C2. The van der Waals surface area contributed by atoms with E-state index < -0.39 is 17.0 Å². The molecule has 1 aromatic rings. The van der Waals surface area contributed by atoms with Crippen LogP contribution in [0.4, 0.5) is 0 Å². The zero-order valence-corrected chi connectivity index (χ0v) is 13.3. The van der Waals surface area contributed by atoms with Crippen molar-refractivity contribution in [1.82, 2.24) is 4.57 Å². The van der Waals surface area contributed by atoms with E-state index in [1.807, 2.05) is 27.7 Å². The standard InChI is InChI=1S/C14H18N2O4S/c1-5-16-7-9(13(18)19)11(17)8-6-10(21-12(8)16)15-20-14(2,3)4/h7H,5-6H2,1-4H3,(H,18,19)/b15-10-. The summed E-state index contributed by atoms with van der Waals surface area (Å²) >= 11 is 1.36. The number of aryl methyl sites for hydroxylation is 1. The number of hydrogen-bond donors (Lipinski definition) is 1. The number of aromatic carboxylic acids is 1. The van der Waals surface area contributed by atoms with Crippen molar-refractivity contribution in [1.29, 1.82) is 0 Å². The van der Waals surface area contributed by atoms with Gasteiger partial charge in [0.15, 0.2) is 0 Å². The molecule has 0 saturated carbocycles. The number of pyridine rings is 1. The van der Waals surface area contributed by atoms with Gasteiger partial charge in [-0.25, -0.2) is 4.79 Å². The summed E-state index contributed by atoms with van der Waals surface area (Å²) in [5.41, 5.74) is -0.557. The minimum Gasteiger partial charge on any atom is -0.477 e. The molecule has 0 fully saturated rings. The summed E-state index contributed by atoms with van der Waals surface area (Å²) in [7, 11) is 0. The van der Waals surface area contributed by atoms with Crippen molar-refractivity contribution in [3.05, 3.63) is 27.5 Å². The van der Waals surface area contributed by atoms with Gasteiger partial charge in [0.1, 0.15) is 16.2 Å². The Kier molecular flexibility index (Phi) is 4.13. The lowest BCUT2D eigenvalue weighted by molar-refractivity contribution is 0.00132. The highest BCUT2D eigenvalue weighted by atomic mass is 32.2. The molecule has 1 aliphatic rings. The van der Waals surface area contributed by atoms with Gasteiger partial charge in [-0.15, -0.1) is 0 Å². The Morgan fingerprint density at radius 1 is 1.52 bits per heavy atom. The second kappa shape index (κ2) is 5.55. The predicted octanol–water partition coefficient (Wildman–Crippen LogP) is 2.34. The van der Waals surface area contributed by atoms with E-state index in [0.29, 0.717) is 23.6 Å². The van der Waals surface area contributed by atoms with Gasteiger partial charge in [0.2, 0.25) is 5.43 Å². The molecule has 1 N–H and O–H groups in total. The lowest BCUT2D eigenvalue weighted by Crippen LogP contribution is -2.22. The highest BCUT2D eigenvalue weighted by Gasteiger charge is 2.28. The van der Waals surface area contributed by atoms with Crippen molar-refractivity contribution in [3.8, 4) is 0 Å². The summed E-state index contributed by atoms with van der Waals surface area (Å²) < 4.78 is 1.77. The number of hydrogen-bond acceptors (Lipinski definition) is 5. The van der Waals surface area contributed by atoms with Crippen molar-refractivity contribution in [2.45, 2.75) is 51.3 Å². The van der Waals surface area contributed by atoms with E-state index >= 15 is 0 Å². The molecule has 0 aromatic carbocycles. The van der Waals surface area contributed by atoms with E-state index in [9.17, 15) is 9.59 Å². The van der Waals surface area contributed by atoms with Gasteiger partial charge in [0, 0.05) is 24.7 Å². The molecule has 0 amide bonds. The van der Waals surface area contributed by atoms with Crippen LogP contribution in [0.1, 0.15) is 43.6 Å². The highest BCUT2D eigenvalue weighted by Crippen LogP contribution is 2.32. The molecule has 6 nitrogen and oxygen atoms in total. The lowest BCUT2D eigenvalue weighted by atomic mass is 10.1. The van der Waals surface area contributed by atoms with Crippen LogP contribution in [-0.2, 0) is 17.8 Å². The zero-order valence-electron chi connectivity index (χ0n) is 12.5. The molecule has 0 atom stereocenters. The van der Waals surface area contributed by atoms with Crippen LogP contribution in [0.15, 0.2) is 21.2 Å². The molecule has 2 heterocycles. The Labute approximate surface area is 126 Å². The summed E-state index contributed by atoms with van der Waals surface area (Å²) in [6.45, 7) is 8.15. The average Bonchev–Trinajstić information content (AvgIpc) is 2.80. The molecule has 0 saturated heterocycles. The van der Waals surface area contributed by atoms with E-state index in [-0.39, 0.29) is 5.56 Å². The van der Waals surface area contributed by atoms with Gasteiger partial charge in [-0.3, -0.25) is 4.79 Å². The Morgan fingerprint density at radius 3 is 2.71 bits per heavy atom. The second-order valence-corrected chi connectivity index (χ2v) is 6.78.